The lowest BCUT2D eigenvalue weighted by atomic mass is 10.1. The van der Waals surface area contributed by atoms with Gasteiger partial charge in [-0.1, -0.05) is 6.58 Å². The van der Waals surface area contributed by atoms with Crippen LogP contribution in [0, 0.1) is 5.92 Å². The minimum Gasteiger partial charge on any atom is -0.462 e. The predicted octanol–water partition coefficient (Wildman–Crippen LogP) is 3.22. The summed E-state index contributed by atoms with van der Waals surface area (Å²) in [5.41, 5.74) is 0.438. The molecule has 0 radical (unpaired) electrons. The second-order valence-electron chi connectivity index (χ2n) is 7.45. The molecular weight excluding hydrogens is 348 g/mol. The maximum absolute atomic E-state index is 12.2. The van der Waals surface area contributed by atoms with Crippen molar-refractivity contribution in [1.29, 1.82) is 0 Å². The van der Waals surface area contributed by atoms with Crippen LogP contribution in [0.2, 0.25) is 0 Å². The highest BCUT2D eigenvalue weighted by Gasteiger charge is 2.30. The normalized spacial score (nSPS) is 16.6. The Labute approximate surface area is 159 Å². The topological polar surface area (TPSA) is 84.9 Å². The highest BCUT2D eigenvalue weighted by molar-refractivity contribution is 5.99. The lowest BCUT2D eigenvalue weighted by Gasteiger charge is -2.24. The van der Waals surface area contributed by atoms with E-state index in [0.717, 1.165) is 6.42 Å². The molecule has 0 spiro atoms. The molecule has 0 bridgehead atoms. The molecule has 2 amide bonds. The van der Waals surface area contributed by atoms with Crippen molar-refractivity contribution in [3.63, 3.8) is 0 Å². The van der Waals surface area contributed by atoms with Crippen molar-refractivity contribution in [3.05, 3.63) is 42.5 Å². The van der Waals surface area contributed by atoms with Gasteiger partial charge in [-0.05, 0) is 57.5 Å². The average Bonchev–Trinajstić information content (AvgIpc) is 3.08. The van der Waals surface area contributed by atoms with Gasteiger partial charge >= 0.3 is 12.1 Å². The number of ether oxygens (including phenoxy) is 2. The van der Waals surface area contributed by atoms with Gasteiger partial charge in [-0.3, -0.25) is 4.79 Å². The SMILES string of the molecule is C=CC(=O)Nc1ccc(C(=O)OCC2CCN(C(=O)OC(C)(C)C)C2)cc1. The fourth-order valence-electron chi connectivity index (χ4n) is 2.62. The molecule has 1 N–H and O–H groups in total. The van der Waals surface area contributed by atoms with Crippen molar-refractivity contribution in [2.75, 3.05) is 25.0 Å². The van der Waals surface area contributed by atoms with Crippen LogP contribution >= 0.6 is 0 Å². The lowest BCUT2D eigenvalue weighted by molar-refractivity contribution is -0.111. The molecule has 1 aliphatic heterocycles. The van der Waals surface area contributed by atoms with Gasteiger partial charge in [-0.2, -0.15) is 0 Å². The lowest BCUT2D eigenvalue weighted by Crippen LogP contribution is -2.35. The van der Waals surface area contributed by atoms with Crippen molar-refractivity contribution >= 4 is 23.7 Å². The van der Waals surface area contributed by atoms with E-state index in [1.54, 1.807) is 29.2 Å². The van der Waals surface area contributed by atoms with Crippen LogP contribution in [0.5, 0.6) is 0 Å². The summed E-state index contributed by atoms with van der Waals surface area (Å²) >= 11 is 0. The summed E-state index contributed by atoms with van der Waals surface area (Å²) in [7, 11) is 0. The van der Waals surface area contributed by atoms with Crippen molar-refractivity contribution in [2.45, 2.75) is 32.8 Å². The zero-order valence-electron chi connectivity index (χ0n) is 16.0. The van der Waals surface area contributed by atoms with E-state index in [9.17, 15) is 14.4 Å². The predicted molar refractivity (Wildman–Crippen MR) is 101 cm³/mol. The molecule has 0 aliphatic carbocycles. The van der Waals surface area contributed by atoms with E-state index in [-0.39, 0.29) is 24.5 Å². The first-order valence-corrected chi connectivity index (χ1v) is 8.86. The van der Waals surface area contributed by atoms with Gasteiger partial charge in [0.05, 0.1) is 12.2 Å². The molecule has 0 aromatic heterocycles. The first-order chi connectivity index (χ1) is 12.7. The highest BCUT2D eigenvalue weighted by Crippen LogP contribution is 2.20. The van der Waals surface area contributed by atoms with E-state index in [0.29, 0.717) is 24.3 Å². The summed E-state index contributed by atoms with van der Waals surface area (Å²) in [6.07, 6.45) is 1.59. The van der Waals surface area contributed by atoms with Gasteiger partial charge in [0.2, 0.25) is 5.91 Å². The Bertz CT molecular complexity index is 706. The number of amides is 2. The maximum atomic E-state index is 12.2. The molecule has 146 valence electrons. The standard InChI is InChI=1S/C20H26N2O5/c1-5-17(23)21-16-8-6-15(7-9-16)18(24)26-13-14-10-11-22(12-14)19(25)27-20(2,3)4/h5-9,14H,1,10-13H2,2-4H3,(H,21,23). The molecule has 1 aromatic carbocycles. The Hall–Kier alpha value is -2.83. The number of hydrogen-bond donors (Lipinski definition) is 1. The Morgan fingerprint density at radius 2 is 1.93 bits per heavy atom. The highest BCUT2D eigenvalue weighted by atomic mass is 16.6. The third-order valence-electron chi connectivity index (χ3n) is 3.96. The molecule has 7 nitrogen and oxygen atoms in total. The van der Waals surface area contributed by atoms with E-state index in [4.69, 9.17) is 9.47 Å². The van der Waals surface area contributed by atoms with Gasteiger partial charge in [-0.15, -0.1) is 0 Å². The molecule has 27 heavy (non-hydrogen) atoms. The van der Waals surface area contributed by atoms with Crippen LogP contribution in [0.1, 0.15) is 37.6 Å². The van der Waals surface area contributed by atoms with Gasteiger partial charge in [-0.25, -0.2) is 9.59 Å². The summed E-state index contributed by atoms with van der Waals surface area (Å²) in [6, 6.07) is 6.42. The number of hydrogen-bond acceptors (Lipinski definition) is 5. The van der Waals surface area contributed by atoms with Gasteiger partial charge in [0.15, 0.2) is 0 Å². The average molecular weight is 374 g/mol. The first-order valence-electron chi connectivity index (χ1n) is 8.86. The number of rotatable bonds is 5. The Kier molecular flexibility index (Phi) is 6.60. The van der Waals surface area contributed by atoms with Crippen molar-refractivity contribution in [3.8, 4) is 0 Å². The van der Waals surface area contributed by atoms with Gasteiger partial charge in [0.1, 0.15) is 5.60 Å². The van der Waals surface area contributed by atoms with Crippen LogP contribution in [-0.2, 0) is 14.3 Å². The molecule has 1 heterocycles. The number of carbonyl (C=O) groups excluding carboxylic acids is 3. The molecule has 1 aliphatic rings. The largest absolute Gasteiger partial charge is 0.462 e. The zero-order chi connectivity index (χ0) is 20.0. The van der Waals surface area contributed by atoms with Gasteiger partial charge in [0.25, 0.3) is 0 Å². The van der Waals surface area contributed by atoms with Crippen molar-refractivity contribution < 1.29 is 23.9 Å². The third-order valence-corrected chi connectivity index (χ3v) is 3.96. The Morgan fingerprint density at radius 1 is 1.26 bits per heavy atom. The van der Waals surface area contributed by atoms with E-state index in [1.807, 2.05) is 20.8 Å². The van der Waals surface area contributed by atoms with E-state index in [2.05, 4.69) is 11.9 Å². The van der Waals surface area contributed by atoms with Crippen LogP contribution in [-0.4, -0.2) is 48.2 Å². The summed E-state index contributed by atoms with van der Waals surface area (Å²) < 4.78 is 10.7. The second kappa shape index (κ2) is 8.70. The number of anilines is 1. The molecule has 1 fully saturated rings. The van der Waals surface area contributed by atoms with E-state index < -0.39 is 11.6 Å². The summed E-state index contributed by atoms with van der Waals surface area (Å²) in [6.45, 7) is 10.2. The van der Waals surface area contributed by atoms with Gasteiger partial charge in [0, 0.05) is 24.7 Å². The van der Waals surface area contributed by atoms with Crippen LogP contribution in [0.25, 0.3) is 0 Å². The number of carbonyl (C=O) groups is 3. The molecule has 1 atom stereocenters. The monoisotopic (exact) mass is 374 g/mol. The summed E-state index contributed by atoms with van der Waals surface area (Å²) in [5.74, 6) is -0.666. The molecule has 1 unspecified atom stereocenters. The number of nitrogens with zero attached hydrogens (tertiary/aromatic N) is 1. The number of nitrogens with one attached hydrogen (secondary N) is 1. The quantitative estimate of drug-likeness (QED) is 0.632. The fraction of sp³-hybridized carbons (Fsp3) is 0.450. The number of likely N-dealkylation sites (tertiary alicyclic amines) is 1. The minimum absolute atomic E-state index is 0.0904. The summed E-state index contributed by atoms with van der Waals surface area (Å²) in [4.78, 5) is 37.1. The first kappa shape index (κ1) is 20.5. The molecule has 1 aromatic rings. The van der Waals surface area contributed by atoms with Crippen LogP contribution in [0.3, 0.4) is 0 Å². The molecule has 0 saturated carbocycles. The third kappa shape index (κ3) is 6.44. The number of benzene rings is 1. The van der Waals surface area contributed by atoms with Gasteiger partial charge < -0.3 is 19.7 Å². The van der Waals surface area contributed by atoms with Crippen LogP contribution in [0.4, 0.5) is 10.5 Å². The van der Waals surface area contributed by atoms with Crippen LogP contribution in [0.15, 0.2) is 36.9 Å². The summed E-state index contributed by atoms with van der Waals surface area (Å²) in [5, 5.41) is 2.61. The molecule has 7 heteroatoms. The second-order valence-corrected chi connectivity index (χ2v) is 7.45. The van der Waals surface area contributed by atoms with Crippen molar-refractivity contribution in [2.24, 2.45) is 5.92 Å². The number of esters is 1. The van der Waals surface area contributed by atoms with E-state index >= 15 is 0 Å². The zero-order valence-corrected chi connectivity index (χ0v) is 16.0. The Balaban J connectivity index is 1.80. The van der Waals surface area contributed by atoms with Crippen molar-refractivity contribution in [1.82, 2.24) is 4.90 Å². The smallest absolute Gasteiger partial charge is 0.410 e. The maximum Gasteiger partial charge on any atom is 0.410 e. The fourth-order valence-corrected chi connectivity index (χ4v) is 2.62. The molecule has 1 saturated heterocycles. The van der Waals surface area contributed by atoms with E-state index in [1.165, 1.54) is 6.08 Å². The molecular formula is C20H26N2O5. The van der Waals surface area contributed by atoms with Crippen LogP contribution < -0.4 is 5.32 Å². The minimum atomic E-state index is -0.529. The molecule has 2 rings (SSSR count). The Morgan fingerprint density at radius 3 is 2.52 bits per heavy atom.